The van der Waals surface area contributed by atoms with Crippen molar-refractivity contribution >= 4 is 0 Å². The Labute approximate surface area is 78.8 Å². The quantitative estimate of drug-likeness (QED) is 0.528. The first-order valence-electron chi connectivity index (χ1n) is 5.57. The van der Waals surface area contributed by atoms with E-state index in [1.165, 1.54) is 38.5 Å². The fraction of sp³-hybridized carbons (Fsp3) is 0.917. The first-order chi connectivity index (χ1) is 5.74. The van der Waals surface area contributed by atoms with Crippen molar-refractivity contribution in [3.63, 3.8) is 0 Å². The van der Waals surface area contributed by atoms with Crippen molar-refractivity contribution in [1.82, 2.24) is 0 Å². The van der Waals surface area contributed by atoms with E-state index in [9.17, 15) is 0 Å². The second-order valence-electron chi connectivity index (χ2n) is 3.91. The van der Waals surface area contributed by atoms with Crippen LogP contribution in [0.2, 0.25) is 0 Å². The van der Waals surface area contributed by atoms with Gasteiger partial charge in [-0.05, 0) is 11.8 Å². The van der Waals surface area contributed by atoms with Gasteiger partial charge in [-0.1, -0.05) is 66.2 Å². The molecule has 0 aliphatic heterocycles. The van der Waals surface area contributed by atoms with E-state index in [1.807, 2.05) is 0 Å². The summed E-state index contributed by atoms with van der Waals surface area (Å²) in [5, 5.41) is 0. The van der Waals surface area contributed by atoms with Crippen LogP contribution in [-0.4, -0.2) is 0 Å². The van der Waals surface area contributed by atoms with Crippen LogP contribution in [0.15, 0.2) is 0 Å². The van der Waals surface area contributed by atoms with Crippen LogP contribution >= 0.6 is 0 Å². The molecular weight excluding hydrogens is 144 g/mol. The summed E-state index contributed by atoms with van der Waals surface area (Å²) < 4.78 is 0. The fourth-order valence-electron chi connectivity index (χ4n) is 1.64. The summed E-state index contributed by atoms with van der Waals surface area (Å²) in [5.74, 6) is 1.65. The molecule has 0 rings (SSSR count). The smallest absolute Gasteiger partial charge is 0.0417 e. The van der Waals surface area contributed by atoms with Crippen molar-refractivity contribution in [1.29, 1.82) is 0 Å². The molecule has 2 atom stereocenters. The first kappa shape index (κ1) is 12.0. The predicted molar refractivity (Wildman–Crippen MR) is 57.1 cm³/mol. The van der Waals surface area contributed by atoms with Crippen molar-refractivity contribution in [3.8, 4) is 0 Å². The second-order valence-corrected chi connectivity index (χ2v) is 3.91. The van der Waals surface area contributed by atoms with Crippen LogP contribution in [0.5, 0.6) is 0 Å². The minimum Gasteiger partial charge on any atom is -0.0654 e. The molecule has 0 saturated heterocycles. The summed E-state index contributed by atoms with van der Waals surface area (Å²) in [6.45, 7) is 10.9. The molecule has 0 aliphatic carbocycles. The highest BCUT2D eigenvalue weighted by atomic mass is 14.1. The van der Waals surface area contributed by atoms with Gasteiger partial charge >= 0.3 is 0 Å². The molecule has 0 aromatic carbocycles. The van der Waals surface area contributed by atoms with E-state index in [2.05, 4.69) is 27.7 Å². The molecule has 0 aromatic heterocycles. The lowest BCUT2D eigenvalue weighted by Crippen LogP contribution is -2.02. The molecule has 0 fully saturated rings. The van der Waals surface area contributed by atoms with E-state index in [0.717, 1.165) is 5.92 Å². The van der Waals surface area contributed by atoms with Crippen molar-refractivity contribution in [2.75, 3.05) is 0 Å². The zero-order valence-corrected chi connectivity index (χ0v) is 9.10. The van der Waals surface area contributed by atoms with Crippen molar-refractivity contribution in [2.45, 2.75) is 59.3 Å². The zero-order chi connectivity index (χ0) is 9.40. The molecule has 0 amide bonds. The van der Waals surface area contributed by atoms with Gasteiger partial charge in [-0.15, -0.1) is 0 Å². The van der Waals surface area contributed by atoms with Gasteiger partial charge in [0, 0.05) is 0 Å². The summed E-state index contributed by atoms with van der Waals surface area (Å²) in [4.78, 5) is 0. The van der Waals surface area contributed by atoms with Crippen molar-refractivity contribution in [2.24, 2.45) is 11.8 Å². The average Bonchev–Trinajstić information content (AvgIpc) is 2.11. The van der Waals surface area contributed by atoms with Crippen LogP contribution in [-0.2, 0) is 0 Å². The number of hydrogen-bond acceptors (Lipinski definition) is 0. The zero-order valence-electron chi connectivity index (χ0n) is 9.10. The van der Waals surface area contributed by atoms with Gasteiger partial charge in [0.25, 0.3) is 0 Å². The van der Waals surface area contributed by atoms with E-state index in [0.29, 0.717) is 5.92 Å². The maximum atomic E-state index is 4.12. The van der Waals surface area contributed by atoms with Gasteiger partial charge in [0.2, 0.25) is 0 Å². The van der Waals surface area contributed by atoms with Crippen LogP contribution in [0.3, 0.4) is 0 Å². The Morgan fingerprint density at radius 1 is 0.917 bits per heavy atom. The number of hydrogen-bond donors (Lipinski definition) is 0. The van der Waals surface area contributed by atoms with Crippen molar-refractivity contribution in [3.05, 3.63) is 6.92 Å². The van der Waals surface area contributed by atoms with Crippen LogP contribution in [0, 0.1) is 18.8 Å². The Bertz CT molecular complexity index is 86.0. The Hall–Kier alpha value is 0. The largest absolute Gasteiger partial charge is 0.0654 e. The van der Waals surface area contributed by atoms with Gasteiger partial charge < -0.3 is 0 Å². The molecule has 0 bridgehead atoms. The third kappa shape index (κ3) is 5.62. The van der Waals surface area contributed by atoms with E-state index in [4.69, 9.17) is 0 Å². The highest BCUT2D eigenvalue weighted by molar-refractivity contribution is 4.63. The summed E-state index contributed by atoms with van der Waals surface area (Å²) in [7, 11) is 0. The molecule has 73 valence electrons. The molecule has 0 aromatic rings. The Kier molecular flexibility index (Phi) is 7.64. The average molecular weight is 169 g/mol. The standard InChI is InChI=1S/C12H25/c1-5-8-12(7-3)10-9-11(4)6-2/h11-12H,4-10H2,1-3H3. The molecular formula is C12H25. The Morgan fingerprint density at radius 2 is 1.58 bits per heavy atom. The van der Waals surface area contributed by atoms with E-state index in [1.54, 1.807) is 0 Å². The topological polar surface area (TPSA) is 0 Å². The van der Waals surface area contributed by atoms with E-state index >= 15 is 0 Å². The highest BCUT2D eigenvalue weighted by Crippen LogP contribution is 2.20. The number of rotatable bonds is 7. The molecule has 0 nitrogen and oxygen atoms in total. The maximum Gasteiger partial charge on any atom is -0.0417 e. The van der Waals surface area contributed by atoms with Gasteiger partial charge in [0.05, 0.1) is 0 Å². The molecule has 2 unspecified atom stereocenters. The molecule has 0 N–H and O–H groups in total. The Balaban J connectivity index is 3.43. The maximum absolute atomic E-state index is 4.12. The van der Waals surface area contributed by atoms with Gasteiger partial charge in [-0.25, -0.2) is 0 Å². The minimum absolute atomic E-state index is 0.691. The second kappa shape index (κ2) is 7.64. The van der Waals surface area contributed by atoms with Crippen LogP contribution < -0.4 is 0 Å². The molecule has 0 aliphatic rings. The molecule has 0 heterocycles. The van der Waals surface area contributed by atoms with Crippen LogP contribution in [0.1, 0.15) is 59.3 Å². The summed E-state index contributed by atoms with van der Waals surface area (Å²) in [6, 6.07) is 0. The Morgan fingerprint density at radius 3 is 2.00 bits per heavy atom. The fourth-order valence-corrected chi connectivity index (χ4v) is 1.64. The molecule has 12 heavy (non-hydrogen) atoms. The molecule has 0 spiro atoms. The van der Waals surface area contributed by atoms with Crippen LogP contribution in [0.25, 0.3) is 0 Å². The minimum atomic E-state index is 0.691. The third-order valence-corrected chi connectivity index (χ3v) is 2.83. The summed E-state index contributed by atoms with van der Waals surface area (Å²) in [5.41, 5.74) is 0. The predicted octanol–water partition coefficient (Wildman–Crippen LogP) is 4.45. The van der Waals surface area contributed by atoms with Gasteiger partial charge in [0.1, 0.15) is 0 Å². The van der Waals surface area contributed by atoms with Gasteiger partial charge in [-0.3, -0.25) is 0 Å². The van der Waals surface area contributed by atoms with E-state index in [-0.39, 0.29) is 0 Å². The third-order valence-electron chi connectivity index (χ3n) is 2.83. The van der Waals surface area contributed by atoms with Gasteiger partial charge in [0.15, 0.2) is 0 Å². The lowest BCUT2D eigenvalue weighted by Gasteiger charge is -2.15. The highest BCUT2D eigenvalue weighted by Gasteiger charge is 2.06. The molecule has 0 heteroatoms. The first-order valence-corrected chi connectivity index (χ1v) is 5.57. The summed E-state index contributed by atoms with van der Waals surface area (Å²) >= 11 is 0. The SMILES string of the molecule is [CH2]C(CC)CCC(CC)CCC. The lowest BCUT2D eigenvalue weighted by atomic mass is 9.91. The monoisotopic (exact) mass is 169 g/mol. The van der Waals surface area contributed by atoms with Crippen LogP contribution in [0.4, 0.5) is 0 Å². The van der Waals surface area contributed by atoms with E-state index < -0.39 is 0 Å². The van der Waals surface area contributed by atoms with Gasteiger partial charge in [-0.2, -0.15) is 0 Å². The lowest BCUT2D eigenvalue weighted by molar-refractivity contribution is 0.386. The molecule has 1 radical (unpaired) electrons. The van der Waals surface area contributed by atoms with Crippen molar-refractivity contribution < 1.29 is 0 Å². The molecule has 0 saturated carbocycles. The normalized spacial score (nSPS) is 16.0. The summed E-state index contributed by atoms with van der Waals surface area (Å²) in [6.07, 6.45) is 8.06.